The van der Waals surface area contributed by atoms with Crippen molar-refractivity contribution < 1.29 is 19.0 Å². The highest BCUT2D eigenvalue weighted by Crippen LogP contribution is 2.25. The van der Waals surface area contributed by atoms with Crippen molar-refractivity contribution in [1.82, 2.24) is 0 Å². The second kappa shape index (κ2) is 7.31. The Balaban J connectivity index is 2.22. The van der Waals surface area contributed by atoms with Crippen LogP contribution in [0.3, 0.4) is 0 Å². The first kappa shape index (κ1) is 15.6. The van der Waals surface area contributed by atoms with Crippen LogP contribution in [0.1, 0.15) is 15.9 Å². The number of ether oxygens (including phenoxy) is 3. The Hall–Kier alpha value is -2.75. The third kappa shape index (κ3) is 3.67. The van der Waals surface area contributed by atoms with Crippen molar-refractivity contribution in [1.29, 1.82) is 0 Å². The normalized spacial score (nSPS) is 10.5. The molecule has 2 aromatic carbocycles. The number of ketones is 1. The molecule has 0 bridgehead atoms. The van der Waals surface area contributed by atoms with Crippen molar-refractivity contribution in [3.8, 4) is 17.2 Å². The fourth-order valence-corrected chi connectivity index (χ4v) is 1.98. The number of hydrogen-bond donors (Lipinski definition) is 0. The minimum atomic E-state index is -0.147. The summed E-state index contributed by atoms with van der Waals surface area (Å²) in [4.78, 5) is 12.3. The number of rotatable bonds is 6. The molecule has 0 saturated carbocycles. The average Bonchev–Trinajstić information content (AvgIpc) is 2.59. The SMILES string of the molecule is COc1ccc(C=CC(=O)c2cc(OC)ccc2OC)cc1. The topological polar surface area (TPSA) is 44.8 Å². The maximum atomic E-state index is 12.3. The molecular weight excluding hydrogens is 280 g/mol. The van der Waals surface area contributed by atoms with Gasteiger partial charge in [0, 0.05) is 0 Å². The van der Waals surface area contributed by atoms with Gasteiger partial charge in [0.1, 0.15) is 17.2 Å². The zero-order valence-electron chi connectivity index (χ0n) is 12.8. The van der Waals surface area contributed by atoms with Gasteiger partial charge in [0.05, 0.1) is 26.9 Å². The third-order valence-electron chi connectivity index (χ3n) is 3.22. The van der Waals surface area contributed by atoms with E-state index in [1.54, 1.807) is 38.5 Å². The lowest BCUT2D eigenvalue weighted by Crippen LogP contribution is -1.99. The first-order valence-electron chi connectivity index (χ1n) is 6.76. The summed E-state index contributed by atoms with van der Waals surface area (Å²) in [5.74, 6) is 1.76. The Kier molecular flexibility index (Phi) is 5.20. The third-order valence-corrected chi connectivity index (χ3v) is 3.22. The highest BCUT2D eigenvalue weighted by Gasteiger charge is 2.11. The Morgan fingerprint density at radius 3 is 2.09 bits per heavy atom. The summed E-state index contributed by atoms with van der Waals surface area (Å²) in [7, 11) is 4.71. The van der Waals surface area contributed by atoms with Gasteiger partial charge in [0.2, 0.25) is 0 Å². The van der Waals surface area contributed by atoms with Crippen molar-refractivity contribution in [3.63, 3.8) is 0 Å². The molecule has 0 aliphatic rings. The van der Waals surface area contributed by atoms with Crippen LogP contribution in [0.25, 0.3) is 6.08 Å². The van der Waals surface area contributed by atoms with Crippen LogP contribution in [-0.4, -0.2) is 27.1 Å². The van der Waals surface area contributed by atoms with E-state index in [0.717, 1.165) is 11.3 Å². The number of allylic oxidation sites excluding steroid dienone is 1. The highest BCUT2D eigenvalue weighted by atomic mass is 16.5. The monoisotopic (exact) mass is 298 g/mol. The molecule has 0 aromatic heterocycles. The van der Waals surface area contributed by atoms with E-state index in [1.165, 1.54) is 13.2 Å². The van der Waals surface area contributed by atoms with E-state index in [2.05, 4.69) is 0 Å². The molecule has 0 atom stereocenters. The lowest BCUT2D eigenvalue weighted by Gasteiger charge is -2.07. The van der Waals surface area contributed by atoms with Crippen molar-refractivity contribution in [3.05, 3.63) is 59.7 Å². The molecule has 2 rings (SSSR count). The quantitative estimate of drug-likeness (QED) is 0.603. The van der Waals surface area contributed by atoms with E-state index in [1.807, 2.05) is 24.3 Å². The van der Waals surface area contributed by atoms with Gasteiger partial charge in [0.25, 0.3) is 0 Å². The Labute approximate surface area is 129 Å². The van der Waals surface area contributed by atoms with Crippen molar-refractivity contribution in [2.75, 3.05) is 21.3 Å². The van der Waals surface area contributed by atoms with E-state index in [0.29, 0.717) is 17.1 Å². The van der Waals surface area contributed by atoms with Crippen LogP contribution in [0, 0.1) is 0 Å². The minimum absolute atomic E-state index is 0.147. The van der Waals surface area contributed by atoms with Gasteiger partial charge < -0.3 is 14.2 Å². The molecule has 2 aromatic rings. The van der Waals surface area contributed by atoms with E-state index in [-0.39, 0.29) is 5.78 Å². The fraction of sp³-hybridized carbons (Fsp3) is 0.167. The highest BCUT2D eigenvalue weighted by molar-refractivity contribution is 6.08. The van der Waals surface area contributed by atoms with E-state index in [9.17, 15) is 4.79 Å². The largest absolute Gasteiger partial charge is 0.497 e. The second-order valence-corrected chi connectivity index (χ2v) is 4.54. The Morgan fingerprint density at radius 2 is 1.50 bits per heavy atom. The lowest BCUT2D eigenvalue weighted by atomic mass is 10.1. The summed E-state index contributed by atoms with van der Waals surface area (Å²) in [6, 6.07) is 12.6. The van der Waals surface area contributed by atoms with Crippen LogP contribution in [0.5, 0.6) is 17.2 Å². The van der Waals surface area contributed by atoms with Crippen molar-refractivity contribution in [2.24, 2.45) is 0 Å². The predicted octanol–water partition coefficient (Wildman–Crippen LogP) is 3.61. The van der Waals surface area contributed by atoms with Crippen LogP contribution in [0.2, 0.25) is 0 Å². The van der Waals surface area contributed by atoms with Gasteiger partial charge in [-0.2, -0.15) is 0 Å². The molecule has 0 aliphatic carbocycles. The first-order chi connectivity index (χ1) is 10.7. The van der Waals surface area contributed by atoms with Crippen LogP contribution in [0.4, 0.5) is 0 Å². The molecule has 4 nitrogen and oxygen atoms in total. The molecule has 114 valence electrons. The summed E-state index contributed by atoms with van der Waals surface area (Å²) in [5, 5.41) is 0. The molecule has 0 fully saturated rings. The second-order valence-electron chi connectivity index (χ2n) is 4.54. The lowest BCUT2D eigenvalue weighted by molar-refractivity contribution is 0.104. The van der Waals surface area contributed by atoms with E-state index < -0.39 is 0 Å². The van der Waals surface area contributed by atoms with Crippen LogP contribution in [-0.2, 0) is 0 Å². The van der Waals surface area contributed by atoms with Crippen LogP contribution < -0.4 is 14.2 Å². The Morgan fingerprint density at radius 1 is 0.864 bits per heavy atom. The molecule has 0 radical (unpaired) electrons. The molecule has 0 spiro atoms. The van der Waals surface area contributed by atoms with Gasteiger partial charge in [-0.15, -0.1) is 0 Å². The number of hydrogen-bond acceptors (Lipinski definition) is 4. The Bertz CT molecular complexity index is 672. The summed E-state index contributed by atoms with van der Waals surface area (Å²) in [5.41, 5.74) is 1.38. The van der Waals surface area contributed by atoms with Gasteiger partial charge in [-0.3, -0.25) is 4.79 Å². The molecule has 0 saturated heterocycles. The molecule has 0 unspecified atom stereocenters. The van der Waals surface area contributed by atoms with Gasteiger partial charge in [-0.25, -0.2) is 0 Å². The first-order valence-corrected chi connectivity index (χ1v) is 6.76. The molecule has 0 N–H and O–H groups in total. The summed E-state index contributed by atoms with van der Waals surface area (Å²) < 4.78 is 15.5. The number of carbonyl (C=O) groups is 1. The predicted molar refractivity (Wildman–Crippen MR) is 85.9 cm³/mol. The number of benzene rings is 2. The zero-order chi connectivity index (χ0) is 15.9. The van der Waals surface area contributed by atoms with Gasteiger partial charge in [-0.05, 0) is 42.0 Å². The molecule has 0 amide bonds. The van der Waals surface area contributed by atoms with Crippen LogP contribution in [0.15, 0.2) is 48.5 Å². The van der Waals surface area contributed by atoms with Crippen molar-refractivity contribution in [2.45, 2.75) is 0 Å². The fourth-order valence-electron chi connectivity index (χ4n) is 1.98. The molecule has 0 heterocycles. The maximum absolute atomic E-state index is 12.3. The van der Waals surface area contributed by atoms with E-state index in [4.69, 9.17) is 14.2 Å². The molecule has 0 aliphatic heterocycles. The summed E-state index contributed by atoms with van der Waals surface area (Å²) in [6.07, 6.45) is 3.26. The van der Waals surface area contributed by atoms with Gasteiger partial charge >= 0.3 is 0 Å². The molecule has 4 heteroatoms. The van der Waals surface area contributed by atoms with Crippen LogP contribution >= 0.6 is 0 Å². The van der Waals surface area contributed by atoms with Crippen molar-refractivity contribution >= 4 is 11.9 Å². The molecular formula is C18H18O4. The summed E-state index contributed by atoms with van der Waals surface area (Å²) in [6.45, 7) is 0. The number of methoxy groups -OCH3 is 3. The van der Waals surface area contributed by atoms with E-state index >= 15 is 0 Å². The van der Waals surface area contributed by atoms with Gasteiger partial charge in [-0.1, -0.05) is 18.2 Å². The minimum Gasteiger partial charge on any atom is -0.497 e. The molecule has 22 heavy (non-hydrogen) atoms. The smallest absolute Gasteiger partial charge is 0.189 e. The van der Waals surface area contributed by atoms with Gasteiger partial charge in [0.15, 0.2) is 5.78 Å². The average molecular weight is 298 g/mol. The standard InChI is InChI=1S/C18H18O4/c1-20-14-7-4-13(5-8-14)6-10-17(19)16-12-15(21-2)9-11-18(16)22-3/h4-12H,1-3H3. The number of carbonyl (C=O) groups excluding carboxylic acids is 1. The zero-order valence-corrected chi connectivity index (χ0v) is 12.8. The maximum Gasteiger partial charge on any atom is 0.189 e. The summed E-state index contributed by atoms with van der Waals surface area (Å²) >= 11 is 0.